The Morgan fingerprint density at radius 2 is 1.92 bits per heavy atom. The van der Waals surface area contributed by atoms with E-state index < -0.39 is 17.1 Å². The van der Waals surface area contributed by atoms with Gasteiger partial charge in [0, 0.05) is 11.3 Å². The fourth-order valence-corrected chi connectivity index (χ4v) is 5.20. The fourth-order valence-electron chi connectivity index (χ4n) is 3.58. The molecule has 37 heavy (non-hydrogen) atoms. The summed E-state index contributed by atoms with van der Waals surface area (Å²) in [5.41, 5.74) is 2.57. The van der Waals surface area contributed by atoms with E-state index in [1.165, 1.54) is 13.2 Å². The quantitative estimate of drug-likeness (QED) is 0.242. The molecule has 0 spiro atoms. The number of thioether (sulfide) groups is 1. The van der Waals surface area contributed by atoms with Gasteiger partial charge in [-0.05, 0) is 88.8 Å². The third-order valence-corrected chi connectivity index (χ3v) is 7.07. The highest BCUT2D eigenvalue weighted by Crippen LogP contribution is 2.37. The first-order valence-electron chi connectivity index (χ1n) is 11.1. The normalized spacial score (nSPS) is 14.3. The predicted octanol–water partition coefficient (Wildman–Crippen LogP) is 6.00. The largest absolute Gasteiger partial charge is 0.493 e. The third kappa shape index (κ3) is 6.50. The maximum absolute atomic E-state index is 14.0. The summed E-state index contributed by atoms with van der Waals surface area (Å²) in [6, 6.07) is 17.0. The van der Waals surface area contributed by atoms with E-state index in [2.05, 4.69) is 27.9 Å². The number of anilines is 1. The van der Waals surface area contributed by atoms with E-state index in [0.29, 0.717) is 31.9 Å². The number of aryl methyl sites for hydroxylation is 1. The summed E-state index contributed by atoms with van der Waals surface area (Å²) in [6.45, 7) is 1.52. The molecule has 190 valence electrons. The fraction of sp³-hybridized carbons (Fsp3) is 0.148. The van der Waals surface area contributed by atoms with E-state index in [-0.39, 0.29) is 23.9 Å². The lowest BCUT2D eigenvalue weighted by atomic mass is 10.1. The maximum atomic E-state index is 14.0. The summed E-state index contributed by atoms with van der Waals surface area (Å²) < 4.78 is 25.9. The minimum absolute atomic E-state index is 0.0158. The average Bonchev–Trinajstić information content (AvgIpc) is 3.11. The van der Waals surface area contributed by atoms with E-state index in [4.69, 9.17) is 9.47 Å². The van der Waals surface area contributed by atoms with Crippen molar-refractivity contribution in [3.8, 4) is 11.5 Å². The topological polar surface area (TPSA) is 84.9 Å². The van der Waals surface area contributed by atoms with Crippen LogP contribution in [0.25, 0.3) is 6.08 Å². The van der Waals surface area contributed by atoms with E-state index in [1.54, 1.807) is 54.6 Å². The highest BCUT2D eigenvalue weighted by molar-refractivity contribution is 14.1. The molecule has 3 aromatic carbocycles. The van der Waals surface area contributed by atoms with Crippen LogP contribution >= 0.6 is 34.4 Å². The maximum Gasteiger partial charge on any atom is 0.294 e. The molecule has 4 rings (SSSR count). The van der Waals surface area contributed by atoms with Crippen LogP contribution < -0.4 is 14.8 Å². The first-order chi connectivity index (χ1) is 17.7. The van der Waals surface area contributed by atoms with E-state index in [9.17, 15) is 18.8 Å². The number of carbonyl (C=O) groups is 3. The van der Waals surface area contributed by atoms with Gasteiger partial charge >= 0.3 is 0 Å². The molecule has 1 fully saturated rings. The first kappa shape index (κ1) is 26.7. The zero-order valence-corrected chi connectivity index (χ0v) is 22.9. The monoisotopic (exact) mass is 632 g/mol. The van der Waals surface area contributed by atoms with Gasteiger partial charge in [0.15, 0.2) is 11.5 Å². The molecule has 0 atom stereocenters. The van der Waals surface area contributed by atoms with Crippen LogP contribution in [0.3, 0.4) is 0 Å². The van der Waals surface area contributed by atoms with Crippen molar-refractivity contribution in [1.29, 1.82) is 0 Å². The van der Waals surface area contributed by atoms with Gasteiger partial charge in [-0.3, -0.25) is 19.3 Å². The van der Waals surface area contributed by atoms with Crippen molar-refractivity contribution in [3.05, 3.63) is 91.6 Å². The number of hydrogen-bond acceptors (Lipinski definition) is 6. The Morgan fingerprint density at radius 1 is 1.14 bits per heavy atom. The van der Waals surface area contributed by atoms with Crippen molar-refractivity contribution < 1.29 is 28.2 Å². The van der Waals surface area contributed by atoms with Crippen LogP contribution in [-0.2, 0) is 16.2 Å². The molecule has 0 unspecified atom stereocenters. The minimum atomic E-state index is -0.553. The highest BCUT2D eigenvalue weighted by atomic mass is 127. The lowest BCUT2D eigenvalue weighted by Gasteiger charge is -2.14. The van der Waals surface area contributed by atoms with Crippen LogP contribution in [-0.4, -0.2) is 35.6 Å². The van der Waals surface area contributed by atoms with Gasteiger partial charge in [-0.15, -0.1) is 0 Å². The molecule has 1 aliphatic heterocycles. The molecule has 3 amide bonds. The molecule has 1 heterocycles. The van der Waals surface area contributed by atoms with Crippen LogP contribution in [0.5, 0.6) is 11.5 Å². The molecule has 0 saturated carbocycles. The summed E-state index contributed by atoms with van der Waals surface area (Å²) >= 11 is 2.83. The van der Waals surface area contributed by atoms with Crippen molar-refractivity contribution >= 4 is 63.2 Å². The van der Waals surface area contributed by atoms with Crippen LogP contribution in [0.4, 0.5) is 14.9 Å². The third-order valence-electron chi connectivity index (χ3n) is 5.36. The lowest BCUT2D eigenvalue weighted by molar-refractivity contribution is -0.127. The Morgan fingerprint density at radius 3 is 2.65 bits per heavy atom. The van der Waals surface area contributed by atoms with Crippen LogP contribution in [0.2, 0.25) is 0 Å². The van der Waals surface area contributed by atoms with E-state index >= 15 is 0 Å². The lowest BCUT2D eigenvalue weighted by Crippen LogP contribution is -2.36. The zero-order chi connectivity index (χ0) is 26.5. The summed E-state index contributed by atoms with van der Waals surface area (Å²) in [7, 11) is 1.48. The molecule has 1 saturated heterocycles. The second kappa shape index (κ2) is 11.8. The Kier molecular flexibility index (Phi) is 8.49. The number of carbonyl (C=O) groups excluding carboxylic acids is 3. The van der Waals surface area contributed by atoms with Crippen molar-refractivity contribution in [2.24, 2.45) is 0 Å². The second-order valence-corrected chi connectivity index (χ2v) is 10.3. The van der Waals surface area contributed by atoms with E-state index in [1.807, 2.05) is 13.0 Å². The molecule has 3 aromatic rings. The molecule has 1 N–H and O–H groups in total. The van der Waals surface area contributed by atoms with E-state index in [0.717, 1.165) is 22.2 Å². The molecule has 0 aliphatic carbocycles. The molecule has 0 aromatic heterocycles. The molecular formula is C27H22FIN2O5S. The van der Waals surface area contributed by atoms with Gasteiger partial charge in [-0.1, -0.05) is 30.3 Å². The number of imide groups is 1. The predicted molar refractivity (Wildman–Crippen MR) is 149 cm³/mol. The summed E-state index contributed by atoms with van der Waals surface area (Å²) in [4.78, 5) is 38.9. The number of ether oxygens (including phenoxy) is 2. The van der Waals surface area contributed by atoms with Crippen molar-refractivity contribution in [1.82, 2.24) is 4.90 Å². The molecule has 1 aliphatic rings. The first-order valence-corrected chi connectivity index (χ1v) is 13.0. The number of halogens is 2. The molecular weight excluding hydrogens is 610 g/mol. The van der Waals surface area contributed by atoms with Gasteiger partial charge in [-0.2, -0.15) is 0 Å². The summed E-state index contributed by atoms with van der Waals surface area (Å²) in [5, 5.41) is 2.18. The smallest absolute Gasteiger partial charge is 0.294 e. The summed E-state index contributed by atoms with van der Waals surface area (Å²) in [5.74, 6) is -0.558. The van der Waals surface area contributed by atoms with Crippen LogP contribution in [0, 0.1) is 16.3 Å². The van der Waals surface area contributed by atoms with Gasteiger partial charge in [0.05, 0.1) is 15.6 Å². The number of benzene rings is 3. The Balaban J connectivity index is 1.48. The molecule has 10 heteroatoms. The number of amides is 3. The van der Waals surface area contributed by atoms with Crippen LogP contribution in [0.1, 0.15) is 16.7 Å². The molecule has 0 radical (unpaired) electrons. The minimum Gasteiger partial charge on any atom is -0.493 e. The van der Waals surface area contributed by atoms with Gasteiger partial charge in [0.2, 0.25) is 5.91 Å². The van der Waals surface area contributed by atoms with Crippen LogP contribution in [0.15, 0.2) is 65.6 Å². The van der Waals surface area contributed by atoms with Gasteiger partial charge < -0.3 is 14.8 Å². The zero-order valence-electron chi connectivity index (χ0n) is 19.9. The highest BCUT2D eigenvalue weighted by Gasteiger charge is 2.36. The molecule has 7 nitrogen and oxygen atoms in total. The van der Waals surface area contributed by atoms with Crippen molar-refractivity contribution in [2.45, 2.75) is 13.5 Å². The Labute approximate surface area is 231 Å². The van der Waals surface area contributed by atoms with Gasteiger partial charge in [0.1, 0.15) is 19.0 Å². The number of nitrogens with one attached hydrogen (secondary N) is 1. The van der Waals surface area contributed by atoms with Gasteiger partial charge in [0.25, 0.3) is 11.1 Å². The number of methoxy groups -OCH3 is 1. The summed E-state index contributed by atoms with van der Waals surface area (Å²) in [6.07, 6.45) is 1.56. The van der Waals surface area contributed by atoms with Crippen molar-refractivity contribution in [2.75, 3.05) is 19.0 Å². The number of hydrogen-bond donors (Lipinski definition) is 1. The Hall–Kier alpha value is -3.38. The Bertz CT molecular complexity index is 1410. The average molecular weight is 632 g/mol. The standard InChI is InChI=1S/C27H22FIN2O5S/c1-16-6-5-8-19(10-16)30-24(32)14-31-26(33)23(37-27(31)34)13-17-11-21(29)25(22(12-17)35-2)36-15-18-7-3-4-9-20(18)28/h3-13H,14-15H2,1-2H3,(H,30,32)/b23-13+. The van der Waals surface area contributed by atoms with Gasteiger partial charge in [-0.25, -0.2) is 4.39 Å². The number of nitrogens with zero attached hydrogens (tertiary/aromatic N) is 1. The number of rotatable bonds is 8. The SMILES string of the molecule is COc1cc(/C=C2/SC(=O)N(CC(=O)Nc3cccc(C)c3)C2=O)cc(I)c1OCc1ccccc1F. The van der Waals surface area contributed by atoms with Crippen molar-refractivity contribution in [3.63, 3.8) is 0 Å². The molecule has 0 bridgehead atoms. The second-order valence-electron chi connectivity index (χ2n) is 8.10.